The number of benzene rings is 8. The Morgan fingerprint density at radius 2 is 0.284 bits per heavy atom. The predicted octanol–water partition coefficient (Wildman–Crippen LogP) is 17.6. The molecule has 0 spiro atoms. The Kier molecular flexibility index (Phi) is 49.6. The number of halogens is 18. The van der Waals surface area contributed by atoms with Gasteiger partial charge in [0.25, 0.3) is 0 Å². The van der Waals surface area contributed by atoms with E-state index in [9.17, 15) is 79.0 Å². The molecule has 0 fully saturated rings. The van der Waals surface area contributed by atoms with Crippen LogP contribution in [-0.2, 0) is 151 Å². The van der Waals surface area contributed by atoms with Gasteiger partial charge in [0.1, 0.15) is 0 Å². The zero-order valence-electron chi connectivity index (χ0n) is 61.4. The maximum Gasteiger partial charge on any atom is 2.00 e. The minimum absolute atomic E-state index is 0. The first kappa shape index (κ1) is 116. The quantitative estimate of drug-likeness (QED) is 0.0686. The Morgan fingerprint density at radius 1 is 0.207 bits per heavy atom. The monoisotopic (exact) mass is 2050 g/mol. The van der Waals surface area contributed by atoms with Crippen molar-refractivity contribution in [3.05, 3.63) is 283 Å². The SMILES string of the molecule is Cc1ccc(C(C)C)cc1.Cc1ccc(C(C)C)cc1.Cc1ccc(C(C)C)cc1.O=S(=O)([O-])C(F)(F)F.O=S(=O)([O-])C(F)(F)F.O=S(=O)([O-])C(F)(F)F.O=S(=O)([O-])C(F)(F)F.O=S(=O)([O-])C(F)(F)F.O=S(=O)([O-])C(F)(F)F.[Ru+2].[Ru+2].[Ru+2].c1cc2ccc1Cc1ccc(cc1)Cc1ccc(cc1)Cc1ccc(cc1)Cc1ccc(cc1)C2. The van der Waals surface area contributed by atoms with Crippen molar-refractivity contribution in [1.29, 1.82) is 0 Å². The average Bonchev–Trinajstić information content (AvgIpc) is 1.20. The van der Waals surface area contributed by atoms with Crippen LogP contribution in [0.15, 0.2) is 194 Å². The van der Waals surface area contributed by atoms with Crippen molar-refractivity contribution in [2.75, 3.05) is 0 Å². The first-order chi connectivity index (χ1) is 50.8. The molecule has 0 atom stereocenters. The smallest absolute Gasteiger partial charge is 0.741 e. The van der Waals surface area contributed by atoms with Crippen molar-refractivity contribution < 1.29 is 215 Å². The van der Waals surface area contributed by atoms with E-state index in [1.807, 2.05) is 0 Å². The third-order valence-corrected chi connectivity index (χ3v) is 17.5. The topological polar surface area (TPSA) is 343 Å². The van der Waals surface area contributed by atoms with Crippen molar-refractivity contribution in [3.63, 3.8) is 0 Å². The molecule has 0 N–H and O–H groups in total. The normalized spacial score (nSPS) is 12.4. The Labute approximate surface area is 699 Å². The van der Waals surface area contributed by atoms with Gasteiger partial charge < -0.3 is 27.3 Å². The van der Waals surface area contributed by atoms with E-state index in [-0.39, 0.29) is 58.4 Å². The molecule has 0 unspecified atom stereocenters. The Morgan fingerprint density at radius 3 is 0.345 bits per heavy atom. The van der Waals surface area contributed by atoms with Crippen molar-refractivity contribution in [2.45, 2.75) is 145 Å². The van der Waals surface area contributed by atoms with E-state index in [2.05, 4.69) is 256 Å². The first-order valence-electron chi connectivity index (χ1n) is 31.6. The van der Waals surface area contributed by atoms with Crippen LogP contribution in [0.5, 0.6) is 0 Å². The van der Waals surface area contributed by atoms with Gasteiger partial charge in [-0.15, -0.1) is 0 Å². The summed E-state index contributed by atoms with van der Waals surface area (Å²) in [5.41, 5.74) is -12.0. The second-order valence-electron chi connectivity index (χ2n) is 24.6. The van der Waals surface area contributed by atoms with Crippen LogP contribution < -0.4 is 0 Å². The fourth-order valence-electron chi connectivity index (χ4n) is 7.91. The molecule has 18 nitrogen and oxygen atoms in total. The minimum Gasteiger partial charge on any atom is -0.741 e. The summed E-state index contributed by atoms with van der Waals surface area (Å²) in [7, 11) is -36.5. The van der Waals surface area contributed by atoms with E-state index < -0.39 is 93.8 Å². The van der Waals surface area contributed by atoms with Gasteiger partial charge in [0.05, 0.1) is 0 Å². The zero-order chi connectivity index (χ0) is 88.1. The molecule has 10 aliphatic carbocycles. The summed E-state index contributed by atoms with van der Waals surface area (Å²) in [5, 5.41) is 0. The molecule has 18 rings (SSSR count). The van der Waals surface area contributed by atoms with E-state index in [0.29, 0.717) is 17.8 Å². The third kappa shape index (κ3) is 48.2. The van der Waals surface area contributed by atoms with Gasteiger partial charge in [-0.1, -0.05) is 252 Å². The fourth-order valence-corrected chi connectivity index (χ4v) is 7.91. The number of hydrogen-bond acceptors (Lipinski definition) is 18. The Bertz CT molecular complexity index is 4100. The molecule has 0 saturated heterocycles. The van der Waals surface area contributed by atoms with Crippen LogP contribution in [0, 0.1) is 20.8 Å². The molecule has 0 aliphatic heterocycles. The van der Waals surface area contributed by atoms with Crippen molar-refractivity contribution >= 4 is 60.7 Å². The number of rotatable bonds is 3. The maximum atomic E-state index is 10.7. The molecule has 0 heterocycles. The molecule has 0 aromatic heterocycles. The molecule has 10 bridgehead atoms. The standard InChI is InChI=1S/C35H30.3C10H14.6CHF3O3S.3Ru/c1-2-27-4-3-26(1)21-28-5-7-30(8-6-28)23-32-13-15-34(16-14-32)25-35-19-17-33(18-20-35)24-31-11-9-29(22-27)10-12-31;3*1-8(2)10-6-4-9(3)5-7-10;6*2-1(3,4)8(5,6)7;;;/h1-20H,21-25H2;3*4-8H,1-3H3;6*(H,5,6,7);;;/q;;;;;;;;;;3*+2/p-6. The molecule has 116 heavy (non-hydrogen) atoms. The summed E-state index contributed by atoms with van der Waals surface area (Å²) >= 11 is 0. The maximum absolute atomic E-state index is 10.7. The second-order valence-corrected chi connectivity index (χ2v) is 32.8. The second kappa shape index (κ2) is 49.5. The molecule has 45 heteroatoms. The van der Waals surface area contributed by atoms with Crippen molar-refractivity contribution in [1.82, 2.24) is 0 Å². The summed E-state index contributed by atoms with van der Waals surface area (Å²) in [6, 6.07) is 71.8. The van der Waals surface area contributed by atoms with E-state index in [1.54, 1.807) is 0 Å². The summed E-state index contributed by atoms with van der Waals surface area (Å²) in [5.74, 6) is 1.96. The molecule has 0 saturated carbocycles. The van der Waals surface area contributed by atoms with Crippen LogP contribution in [0.25, 0.3) is 0 Å². The van der Waals surface area contributed by atoms with E-state index in [4.69, 9.17) is 77.8 Å². The molecule has 8 aromatic carbocycles. The molecule has 10 aliphatic rings. The summed E-state index contributed by atoms with van der Waals surface area (Å²) < 4.78 is 353. The third-order valence-electron chi connectivity index (χ3n) is 14.1. The summed E-state index contributed by atoms with van der Waals surface area (Å²) in [6.07, 6.45) is 4.88. The van der Waals surface area contributed by atoms with Crippen LogP contribution in [-0.4, -0.2) is 111 Å². The van der Waals surface area contributed by atoms with Crippen LogP contribution >= 0.6 is 0 Å². The first-order valence-corrected chi connectivity index (χ1v) is 40.0. The van der Waals surface area contributed by atoms with Gasteiger partial charge in [-0.25, -0.2) is 50.5 Å². The molecular weight excluding hydrogens is 1980 g/mol. The molecule has 650 valence electrons. The van der Waals surface area contributed by atoms with Crippen LogP contribution in [0.1, 0.15) is 148 Å². The minimum atomic E-state index is -6.09. The average molecular weight is 2050 g/mol. The van der Waals surface area contributed by atoms with Gasteiger partial charge >= 0.3 is 91.5 Å². The fraction of sp³-hybridized carbons (Fsp3) is 0.324. The predicted molar refractivity (Wildman–Crippen MR) is 377 cm³/mol. The largest absolute Gasteiger partial charge is 2.00 e. The van der Waals surface area contributed by atoms with Gasteiger partial charge in [0.15, 0.2) is 60.7 Å². The summed E-state index contributed by atoms with van der Waals surface area (Å²) in [6.45, 7) is 19.6. The number of aryl methyl sites for hydroxylation is 3. The van der Waals surface area contributed by atoms with Gasteiger partial charge in [-0.2, -0.15) is 79.0 Å². The van der Waals surface area contributed by atoms with Crippen molar-refractivity contribution in [3.8, 4) is 0 Å². The van der Waals surface area contributed by atoms with Crippen LogP contribution in [0.2, 0.25) is 0 Å². The van der Waals surface area contributed by atoms with Crippen LogP contribution in [0.3, 0.4) is 0 Å². The van der Waals surface area contributed by atoms with E-state index >= 15 is 0 Å². The van der Waals surface area contributed by atoms with Gasteiger partial charge in [0, 0.05) is 0 Å². The van der Waals surface area contributed by atoms with E-state index in [1.165, 1.54) is 89.0 Å². The molecule has 0 amide bonds. The number of hydrogen-bond donors (Lipinski definition) is 0. The van der Waals surface area contributed by atoms with Gasteiger partial charge in [-0.05, 0) is 143 Å². The number of alkyl halides is 18. The molecule has 8 aromatic rings. The Balaban J connectivity index is -0.000000653. The molecular formula is C71H72F18O18Ru3S6. The Hall–Kier alpha value is -6.17. The van der Waals surface area contributed by atoms with Crippen molar-refractivity contribution in [2.24, 2.45) is 0 Å². The van der Waals surface area contributed by atoms with E-state index in [0.717, 1.165) is 32.1 Å². The molecule has 0 radical (unpaired) electrons. The summed E-state index contributed by atoms with van der Waals surface area (Å²) in [4.78, 5) is 0. The van der Waals surface area contributed by atoms with Gasteiger partial charge in [0.2, 0.25) is 0 Å². The zero-order valence-corrected chi connectivity index (χ0v) is 71.5. The van der Waals surface area contributed by atoms with Gasteiger partial charge in [-0.3, -0.25) is 0 Å². The van der Waals surface area contributed by atoms with Crippen LogP contribution in [0.4, 0.5) is 79.0 Å².